The van der Waals surface area contributed by atoms with E-state index in [0.29, 0.717) is 6.54 Å². The molecular weight excluding hydrogens is 250 g/mol. The summed E-state index contributed by atoms with van der Waals surface area (Å²) in [5.74, 6) is 1.12. The summed E-state index contributed by atoms with van der Waals surface area (Å²) < 4.78 is 2.06. The largest absolute Gasteiger partial charge is 0.508 e. The molecule has 3 N–H and O–H groups in total. The van der Waals surface area contributed by atoms with Crippen LogP contribution < -0.4 is 5.73 Å². The van der Waals surface area contributed by atoms with E-state index in [2.05, 4.69) is 9.55 Å². The van der Waals surface area contributed by atoms with Crippen molar-refractivity contribution in [1.29, 1.82) is 0 Å². The van der Waals surface area contributed by atoms with Crippen molar-refractivity contribution in [1.82, 2.24) is 9.55 Å². The molecule has 2 aromatic carbocycles. The molecule has 0 spiro atoms. The zero-order chi connectivity index (χ0) is 13.9. The number of nitrogens with zero attached hydrogens (tertiary/aromatic N) is 2. The Morgan fingerprint density at radius 2 is 1.90 bits per heavy atom. The number of anilines is 1. The molecule has 0 atom stereocenters. The Kier molecular flexibility index (Phi) is 3.13. The maximum absolute atomic E-state index is 9.35. The number of rotatable bonds is 3. The minimum atomic E-state index is 0.252. The van der Waals surface area contributed by atoms with Crippen molar-refractivity contribution in [3.63, 3.8) is 0 Å². The molecule has 0 aliphatic carbocycles. The fraction of sp³-hybridized carbons (Fsp3) is 0.0625. The molecule has 0 aliphatic heterocycles. The van der Waals surface area contributed by atoms with Gasteiger partial charge in [-0.05, 0) is 42.0 Å². The summed E-state index contributed by atoms with van der Waals surface area (Å²) >= 11 is 0. The molecule has 3 rings (SSSR count). The number of imidazole rings is 1. The van der Waals surface area contributed by atoms with Crippen LogP contribution in [-0.4, -0.2) is 14.7 Å². The first kappa shape index (κ1) is 12.3. The predicted octanol–water partition coefficient (Wildman–Crippen LogP) is 2.89. The standard InChI is InChI=1S/C16H15N3O/c17-14-3-1-2-12(10-14)11-19-9-8-18-16(19)13-4-6-15(20)7-5-13/h1-10,20H,11,17H2. The van der Waals surface area contributed by atoms with Crippen LogP contribution in [0.15, 0.2) is 60.9 Å². The van der Waals surface area contributed by atoms with Crippen molar-refractivity contribution in [2.75, 3.05) is 5.73 Å². The smallest absolute Gasteiger partial charge is 0.140 e. The number of aromatic hydroxyl groups is 1. The second kappa shape index (κ2) is 5.09. The van der Waals surface area contributed by atoms with E-state index in [4.69, 9.17) is 5.73 Å². The second-order valence-electron chi connectivity index (χ2n) is 4.67. The van der Waals surface area contributed by atoms with Gasteiger partial charge in [0.05, 0.1) is 0 Å². The van der Waals surface area contributed by atoms with Gasteiger partial charge in [0.25, 0.3) is 0 Å². The quantitative estimate of drug-likeness (QED) is 0.716. The SMILES string of the molecule is Nc1cccc(Cn2ccnc2-c2ccc(O)cc2)c1. The highest BCUT2D eigenvalue weighted by atomic mass is 16.3. The number of nitrogens with two attached hydrogens (primary N) is 1. The van der Waals surface area contributed by atoms with E-state index in [0.717, 1.165) is 22.6 Å². The zero-order valence-corrected chi connectivity index (χ0v) is 10.9. The number of hydrogen-bond donors (Lipinski definition) is 2. The van der Waals surface area contributed by atoms with E-state index < -0.39 is 0 Å². The summed E-state index contributed by atoms with van der Waals surface area (Å²) in [6, 6.07) is 14.8. The van der Waals surface area contributed by atoms with Gasteiger partial charge in [-0.1, -0.05) is 12.1 Å². The lowest BCUT2D eigenvalue weighted by atomic mass is 10.2. The van der Waals surface area contributed by atoms with Crippen LogP contribution in [0, 0.1) is 0 Å². The van der Waals surface area contributed by atoms with E-state index >= 15 is 0 Å². The molecule has 20 heavy (non-hydrogen) atoms. The van der Waals surface area contributed by atoms with Crippen molar-refractivity contribution >= 4 is 5.69 Å². The van der Waals surface area contributed by atoms with E-state index in [9.17, 15) is 5.11 Å². The van der Waals surface area contributed by atoms with Crippen LogP contribution in [0.3, 0.4) is 0 Å². The van der Waals surface area contributed by atoms with Crippen LogP contribution in [0.1, 0.15) is 5.56 Å². The van der Waals surface area contributed by atoms with Crippen molar-refractivity contribution in [3.8, 4) is 17.1 Å². The molecule has 1 heterocycles. The number of hydrogen-bond acceptors (Lipinski definition) is 3. The molecule has 4 heteroatoms. The monoisotopic (exact) mass is 265 g/mol. The summed E-state index contributed by atoms with van der Waals surface area (Å²) in [5.41, 5.74) is 8.66. The van der Waals surface area contributed by atoms with Gasteiger partial charge < -0.3 is 15.4 Å². The maximum Gasteiger partial charge on any atom is 0.140 e. The lowest BCUT2D eigenvalue weighted by molar-refractivity contribution is 0.475. The highest BCUT2D eigenvalue weighted by Crippen LogP contribution is 2.21. The Morgan fingerprint density at radius 1 is 1.10 bits per heavy atom. The molecule has 0 saturated heterocycles. The van der Waals surface area contributed by atoms with Gasteiger partial charge >= 0.3 is 0 Å². The Morgan fingerprint density at radius 3 is 2.65 bits per heavy atom. The van der Waals surface area contributed by atoms with Gasteiger partial charge in [0, 0.05) is 30.2 Å². The first-order chi connectivity index (χ1) is 9.72. The van der Waals surface area contributed by atoms with E-state index in [1.165, 1.54) is 0 Å². The van der Waals surface area contributed by atoms with Gasteiger partial charge in [0.15, 0.2) is 0 Å². The number of aromatic nitrogens is 2. The number of phenols is 1. The van der Waals surface area contributed by atoms with Crippen LogP contribution in [0.4, 0.5) is 5.69 Å². The molecule has 4 nitrogen and oxygen atoms in total. The molecule has 0 aliphatic rings. The summed E-state index contributed by atoms with van der Waals surface area (Å²) in [6.45, 7) is 0.710. The predicted molar refractivity (Wildman–Crippen MR) is 79.3 cm³/mol. The third kappa shape index (κ3) is 2.49. The van der Waals surface area contributed by atoms with Gasteiger partial charge in [0.2, 0.25) is 0 Å². The van der Waals surface area contributed by atoms with Crippen LogP contribution in [-0.2, 0) is 6.54 Å². The van der Waals surface area contributed by atoms with Gasteiger partial charge in [0.1, 0.15) is 11.6 Å². The third-order valence-corrected chi connectivity index (χ3v) is 3.14. The van der Waals surface area contributed by atoms with Gasteiger partial charge in [-0.3, -0.25) is 0 Å². The van der Waals surface area contributed by atoms with Crippen molar-refractivity contribution in [2.24, 2.45) is 0 Å². The Labute approximate surface area is 117 Å². The fourth-order valence-electron chi connectivity index (χ4n) is 2.20. The summed E-state index contributed by atoms with van der Waals surface area (Å²) in [5, 5.41) is 9.35. The zero-order valence-electron chi connectivity index (χ0n) is 10.9. The molecule has 0 radical (unpaired) electrons. The fourth-order valence-corrected chi connectivity index (χ4v) is 2.20. The maximum atomic E-state index is 9.35. The van der Waals surface area contributed by atoms with Gasteiger partial charge in [-0.2, -0.15) is 0 Å². The lowest BCUT2D eigenvalue weighted by Gasteiger charge is -2.09. The molecule has 0 saturated carbocycles. The van der Waals surface area contributed by atoms with E-state index in [1.54, 1.807) is 18.3 Å². The minimum Gasteiger partial charge on any atom is -0.508 e. The van der Waals surface area contributed by atoms with E-state index in [1.807, 2.05) is 42.6 Å². The first-order valence-corrected chi connectivity index (χ1v) is 6.37. The van der Waals surface area contributed by atoms with Crippen molar-refractivity contribution in [2.45, 2.75) is 6.54 Å². The molecule has 0 amide bonds. The van der Waals surface area contributed by atoms with E-state index in [-0.39, 0.29) is 5.75 Å². The first-order valence-electron chi connectivity index (χ1n) is 6.37. The Bertz CT molecular complexity index is 717. The molecule has 0 fully saturated rings. The average Bonchev–Trinajstić information content (AvgIpc) is 2.88. The number of nitrogen functional groups attached to an aromatic ring is 1. The van der Waals surface area contributed by atoms with Gasteiger partial charge in [-0.25, -0.2) is 4.98 Å². The second-order valence-corrected chi connectivity index (χ2v) is 4.67. The van der Waals surface area contributed by atoms with Gasteiger partial charge in [-0.15, -0.1) is 0 Å². The molecule has 0 unspecified atom stereocenters. The van der Waals surface area contributed by atoms with Crippen LogP contribution in [0.5, 0.6) is 5.75 Å². The lowest BCUT2D eigenvalue weighted by Crippen LogP contribution is -2.01. The number of benzene rings is 2. The summed E-state index contributed by atoms with van der Waals surface area (Å²) in [6.07, 6.45) is 3.71. The summed E-state index contributed by atoms with van der Waals surface area (Å²) in [7, 11) is 0. The Balaban J connectivity index is 1.92. The highest BCUT2D eigenvalue weighted by molar-refractivity contribution is 5.57. The third-order valence-electron chi connectivity index (χ3n) is 3.14. The van der Waals surface area contributed by atoms with Crippen LogP contribution in [0.2, 0.25) is 0 Å². The van der Waals surface area contributed by atoms with Crippen molar-refractivity contribution < 1.29 is 5.11 Å². The van der Waals surface area contributed by atoms with Crippen LogP contribution >= 0.6 is 0 Å². The normalized spacial score (nSPS) is 10.6. The molecule has 100 valence electrons. The average molecular weight is 265 g/mol. The highest BCUT2D eigenvalue weighted by Gasteiger charge is 2.06. The number of phenolic OH excluding ortho intramolecular Hbond substituents is 1. The topological polar surface area (TPSA) is 64.1 Å². The molecule has 1 aromatic heterocycles. The minimum absolute atomic E-state index is 0.252. The Hall–Kier alpha value is -2.75. The molecule has 3 aromatic rings. The van der Waals surface area contributed by atoms with Crippen molar-refractivity contribution in [3.05, 3.63) is 66.5 Å². The molecular formula is C16H15N3O. The summed E-state index contributed by atoms with van der Waals surface area (Å²) in [4.78, 5) is 4.38. The molecule has 0 bridgehead atoms. The van der Waals surface area contributed by atoms with Crippen LogP contribution in [0.25, 0.3) is 11.4 Å².